The predicted octanol–water partition coefficient (Wildman–Crippen LogP) is 1.81. The maximum atomic E-state index is 10.6. The second kappa shape index (κ2) is 5.01. The molecule has 16 heavy (non-hydrogen) atoms. The molecule has 0 radical (unpaired) electrons. The van der Waals surface area contributed by atoms with E-state index in [1.165, 1.54) is 0 Å². The van der Waals surface area contributed by atoms with Gasteiger partial charge in [0.25, 0.3) is 0 Å². The summed E-state index contributed by atoms with van der Waals surface area (Å²) < 4.78 is 5.29. The number of carboxylic acids is 1. The number of nitrogens with two attached hydrogens (primary N) is 1. The Bertz CT molecular complexity index is 495. The van der Waals surface area contributed by atoms with Crippen molar-refractivity contribution in [1.82, 2.24) is 0 Å². The second-order valence-corrected chi connectivity index (χ2v) is 3.39. The molecule has 1 aromatic heterocycles. The Morgan fingerprint density at radius 3 is 2.81 bits per heavy atom. The lowest BCUT2D eigenvalue weighted by atomic mass is 10.1. The lowest BCUT2D eigenvalue weighted by molar-refractivity contribution is -0.138. The zero-order chi connectivity index (χ0) is 10.8. The lowest BCUT2D eigenvalue weighted by Crippen LogP contribution is -2.32. The molecule has 0 aliphatic rings. The molecular formula is C11H12ClNO3. The summed E-state index contributed by atoms with van der Waals surface area (Å²) in [5.41, 5.74) is 5.44. The highest BCUT2D eigenvalue weighted by atomic mass is 35.5. The van der Waals surface area contributed by atoms with Gasteiger partial charge in [-0.3, -0.25) is 4.79 Å². The first-order valence-corrected chi connectivity index (χ1v) is 4.62. The number of carbonyl (C=O) groups is 1. The molecule has 0 bridgehead atoms. The molecule has 5 heteroatoms. The summed E-state index contributed by atoms with van der Waals surface area (Å²) in [6.45, 7) is 0. The zero-order valence-corrected chi connectivity index (χ0v) is 9.24. The van der Waals surface area contributed by atoms with Gasteiger partial charge in [0.15, 0.2) is 0 Å². The highest BCUT2D eigenvalue weighted by molar-refractivity contribution is 5.85. The first-order valence-electron chi connectivity index (χ1n) is 4.62. The van der Waals surface area contributed by atoms with Crippen molar-refractivity contribution in [2.45, 2.75) is 12.5 Å². The highest BCUT2D eigenvalue weighted by Crippen LogP contribution is 2.21. The largest absolute Gasteiger partial charge is 0.480 e. The minimum atomic E-state index is -1.02. The number of hydrogen-bond donors (Lipinski definition) is 2. The lowest BCUT2D eigenvalue weighted by Gasteiger charge is -2.03. The Hall–Kier alpha value is -1.52. The fourth-order valence-corrected chi connectivity index (χ4v) is 1.50. The topological polar surface area (TPSA) is 76.5 Å². The summed E-state index contributed by atoms with van der Waals surface area (Å²) in [5.74, 6) is -0.393. The molecule has 2 rings (SSSR count). The van der Waals surface area contributed by atoms with Gasteiger partial charge in [0, 0.05) is 17.2 Å². The van der Waals surface area contributed by atoms with Crippen LogP contribution in [0.1, 0.15) is 5.76 Å². The molecule has 0 spiro atoms. The Balaban J connectivity index is 0.00000128. The third kappa shape index (κ3) is 2.35. The average molecular weight is 242 g/mol. The maximum absolute atomic E-state index is 10.6. The van der Waals surface area contributed by atoms with Crippen LogP contribution in [-0.2, 0) is 11.2 Å². The molecule has 0 aliphatic carbocycles. The van der Waals surface area contributed by atoms with Crippen LogP contribution in [0.3, 0.4) is 0 Å². The van der Waals surface area contributed by atoms with Gasteiger partial charge in [0.1, 0.15) is 11.8 Å². The minimum Gasteiger partial charge on any atom is -0.480 e. The van der Waals surface area contributed by atoms with Gasteiger partial charge in [0.05, 0.1) is 6.26 Å². The maximum Gasteiger partial charge on any atom is 0.320 e. The summed E-state index contributed by atoms with van der Waals surface area (Å²) in [4.78, 5) is 10.6. The van der Waals surface area contributed by atoms with E-state index in [1.54, 1.807) is 6.26 Å². The molecule has 3 N–H and O–H groups in total. The zero-order valence-electron chi connectivity index (χ0n) is 8.42. The Kier molecular flexibility index (Phi) is 3.93. The van der Waals surface area contributed by atoms with Crippen molar-refractivity contribution in [2.24, 2.45) is 5.73 Å². The van der Waals surface area contributed by atoms with Crippen LogP contribution in [0.25, 0.3) is 10.8 Å². The van der Waals surface area contributed by atoms with Crippen molar-refractivity contribution < 1.29 is 14.3 Å². The molecule has 4 nitrogen and oxygen atoms in total. The van der Waals surface area contributed by atoms with E-state index in [-0.39, 0.29) is 18.8 Å². The third-order valence-corrected chi connectivity index (χ3v) is 2.31. The van der Waals surface area contributed by atoms with Crippen LogP contribution in [0.15, 0.2) is 34.9 Å². The van der Waals surface area contributed by atoms with Crippen molar-refractivity contribution >= 4 is 29.1 Å². The van der Waals surface area contributed by atoms with Crippen LogP contribution >= 0.6 is 12.4 Å². The molecule has 0 aliphatic heterocycles. The average Bonchev–Trinajstić information content (AvgIpc) is 2.62. The summed E-state index contributed by atoms with van der Waals surface area (Å²) in [6, 6.07) is 6.67. The fraction of sp³-hybridized carbons (Fsp3) is 0.182. The van der Waals surface area contributed by atoms with E-state index >= 15 is 0 Å². The standard InChI is InChI=1S/C11H11NO3.ClH/c12-9(11(13)14)5-10-8-4-2-1-3-7(8)6-15-10;/h1-4,6,9H,5,12H2,(H,13,14);1H/t9-;/m0./s1. The van der Waals surface area contributed by atoms with Gasteiger partial charge in [-0.05, 0) is 0 Å². The van der Waals surface area contributed by atoms with E-state index in [4.69, 9.17) is 15.3 Å². The van der Waals surface area contributed by atoms with E-state index in [9.17, 15) is 4.79 Å². The number of aliphatic carboxylic acids is 1. The molecule has 0 unspecified atom stereocenters. The molecule has 0 amide bonds. The second-order valence-electron chi connectivity index (χ2n) is 3.39. The van der Waals surface area contributed by atoms with Crippen LogP contribution in [0.4, 0.5) is 0 Å². The molecule has 0 saturated heterocycles. The van der Waals surface area contributed by atoms with Gasteiger partial charge in [-0.2, -0.15) is 0 Å². The predicted molar refractivity (Wildman–Crippen MR) is 62.8 cm³/mol. The monoisotopic (exact) mass is 241 g/mol. The van der Waals surface area contributed by atoms with Crippen molar-refractivity contribution in [2.75, 3.05) is 0 Å². The van der Waals surface area contributed by atoms with Crippen LogP contribution in [0, 0.1) is 0 Å². The normalized spacial score (nSPS) is 12.1. The minimum absolute atomic E-state index is 0. The van der Waals surface area contributed by atoms with Crippen LogP contribution < -0.4 is 5.73 Å². The highest BCUT2D eigenvalue weighted by Gasteiger charge is 2.16. The molecule has 1 heterocycles. The fourth-order valence-electron chi connectivity index (χ4n) is 1.50. The van der Waals surface area contributed by atoms with Crippen LogP contribution in [0.2, 0.25) is 0 Å². The SMILES string of the molecule is Cl.N[C@@H](Cc1occ2ccccc12)C(=O)O. The molecule has 2 aromatic rings. The van der Waals surface area contributed by atoms with Gasteiger partial charge >= 0.3 is 5.97 Å². The molecule has 0 fully saturated rings. The third-order valence-electron chi connectivity index (χ3n) is 2.31. The molecular weight excluding hydrogens is 230 g/mol. The number of rotatable bonds is 3. The summed E-state index contributed by atoms with van der Waals surface area (Å²) >= 11 is 0. The van der Waals surface area contributed by atoms with E-state index < -0.39 is 12.0 Å². The number of benzene rings is 1. The van der Waals surface area contributed by atoms with E-state index in [0.29, 0.717) is 5.76 Å². The van der Waals surface area contributed by atoms with Crippen molar-refractivity contribution in [3.05, 3.63) is 36.3 Å². The Labute approximate surface area is 98.5 Å². The van der Waals surface area contributed by atoms with Crippen molar-refractivity contribution in [3.63, 3.8) is 0 Å². The van der Waals surface area contributed by atoms with Gasteiger partial charge < -0.3 is 15.3 Å². The number of carboxylic acid groups (broad SMARTS) is 1. The number of halogens is 1. The quantitative estimate of drug-likeness (QED) is 0.859. The smallest absolute Gasteiger partial charge is 0.320 e. The first kappa shape index (κ1) is 12.5. The van der Waals surface area contributed by atoms with Crippen molar-refractivity contribution in [1.29, 1.82) is 0 Å². The van der Waals surface area contributed by atoms with E-state index in [2.05, 4.69) is 0 Å². The van der Waals surface area contributed by atoms with E-state index in [1.807, 2.05) is 24.3 Å². The molecule has 1 aromatic carbocycles. The molecule has 1 atom stereocenters. The molecule has 0 saturated carbocycles. The number of hydrogen-bond acceptors (Lipinski definition) is 3. The van der Waals surface area contributed by atoms with Crippen LogP contribution in [0.5, 0.6) is 0 Å². The summed E-state index contributed by atoms with van der Waals surface area (Å²) in [6.07, 6.45) is 1.82. The summed E-state index contributed by atoms with van der Waals surface area (Å²) in [5, 5.41) is 10.6. The van der Waals surface area contributed by atoms with Gasteiger partial charge in [-0.1, -0.05) is 24.3 Å². The summed E-state index contributed by atoms with van der Waals surface area (Å²) in [7, 11) is 0. The van der Waals surface area contributed by atoms with Gasteiger partial charge in [-0.15, -0.1) is 12.4 Å². The van der Waals surface area contributed by atoms with Crippen LogP contribution in [-0.4, -0.2) is 17.1 Å². The van der Waals surface area contributed by atoms with E-state index in [0.717, 1.165) is 10.8 Å². The number of fused-ring (bicyclic) bond motifs is 1. The van der Waals surface area contributed by atoms with Crippen molar-refractivity contribution in [3.8, 4) is 0 Å². The number of furan rings is 1. The molecule has 86 valence electrons. The van der Waals surface area contributed by atoms with Gasteiger partial charge in [0.2, 0.25) is 0 Å². The Morgan fingerprint density at radius 1 is 1.44 bits per heavy atom. The van der Waals surface area contributed by atoms with Gasteiger partial charge in [-0.25, -0.2) is 0 Å². The first-order chi connectivity index (χ1) is 7.18. The Morgan fingerprint density at radius 2 is 2.12 bits per heavy atom.